The minimum atomic E-state index is -3.57. The monoisotopic (exact) mass is 277 g/mol. The zero-order valence-corrected chi connectivity index (χ0v) is 10.9. The standard InChI is InChI=1S/C10H12ClNO4S/c1-7(10(13)12-17(2,14)15)16-9-5-3-4-8(11)6-9/h3-7H,1-2H3,(H,12,13). The largest absolute Gasteiger partial charge is 0.481 e. The second-order valence-electron chi connectivity index (χ2n) is 3.46. The van der Waals surface area contributed by atoms with Crippen molar-refractivity contribution in [3.05, 3.63) is 29.3 Å². The Morgan fingerprint density at radius 2 is 2.12 bits per heavy atom. The molecular weight excluding hydrogens is 266 g/mol. The van der Waals surface area contributed by atoms with Gasteiger partial charge < -0.3 is 4.74 Å². The van der Waals surface area contributed by atoms with E-state index in [-0.39, 0.29) is 0 Å². The van der Waals surface area contributed by atoms with E-state index in [1.54, 1.807) is 18.2 Å². The van der Waals surface area contributed by atoms with Crippen LogP contribution in [0.1, 0.15) is 6.92 Å². The maximum absolute atomic E-state index is 11.4. The molecule has 0 heterocycles. The summed E-state index contributed by atoms with van der Waals surface area (Å²) in [6.45, 7) is 1.45. The Morgan fingerprint density at radius 3 is 2.65 bits per heavy atom. The summed E-state index contributed by atoms with van der Waals surface area (Å²) in [6, 6.07) is 6.48. The molecule has 1 N–H and O–H groups in total. The lowest BCUT2D eigenvalue weighted by molar-refractivity contribution is -0.125. The van der Waals surface area contributed by atoms with Gasteiger partial charge >= 0.3 is 0 Å². The molecule has 0 fully saturated rings. The summed E-state index contributed by atoms with van der Waals surface area (Å²) < 4.78 is 28.8. The van der Waals surface area contributed by atoms with Crippen LogP contribution in [0.5, 0.6) is 5.75 Å². The molecular formula is C10H12ClNO4S. The molecule has 1 aromatic carbocycles. The van der Waals surface area contributed by atoms with Crippen molar-refractivity contribution in [2.75, 3.05) is 6.26 Å². The predicted molar refractivity (Wildman–Crippen MR) is 64.5 cm³/mol. The van der Waals surface area contributed by atoms with Gasteiger partial charge in [-0.15, -0.1) is 0 Å². The van der Waals surface area contributed by atoms with Crippen molar-refractivity contribution >= 4 is 27.5 Å². The van der Waals surface area contributed by atoms with Crippen molar-refractivity contribution in [2.45, 2.75) is 13.0 Å². The van der Waals surface area contributed by atoms with Crippen molar-refractivity contribution < 1.29 is 17.9 Å². The molecule has 7 heteroatoms. The molecule has 1 rings (SSSR count). The number of benzene rings is 1. The maximum Gasteiger partial charge on any atom is 0.274 e. The van der Waals surface area contributed by atoms with Crippen LogP contribution < -0.4 is 9.46 Å². The Labute approximate surface area is 105 Å². The van der Waals surface area contributed by atoms with E-state index >= 15 is 0 Å². The fourth-order valence-corrected chi connectivity index (χ4v) is 1.78. The van der Waals surface area contributed by atoms with E-state index in [9.17, 15) is 13.2 Å². The van der Waals surface area contributed by atoms with Gasteiger partial charge in [-0.1, -0.05) is 17.7 Å². The zero-order valence-electron chi connectivity index (χ0n) is 9.31. The van der Waals surface area contributed by atoms with Crippen LogP contribution in [0.2, 0.25) is 5.02 Å². The molecule has 1 unspecified atom stereocenters. The number of sulfonamides is 1. The van der Waals surface area contributed by atoms with Crippen molar-refractivity contribution in [3.63, 3.8) is 0 Å². The topological polar surface area (TPSA) is 72.5 Å². The molecule has 17 heavy (non-hydrogen) atoms. The van der Waals surface area contributed by atoms with Gasteiger partial charge in [0.25, 0.3) is 5.91 Å². The van der Waals surface area contributed by atoms with Crippen LogP contribution in [-0.2, 0) is 14.8 Å². The number of amides is 1. The van der Waals surface area contributed by atoms with Gasteiger partial charge in [0.1, 0.15) is 5.75 Å². The Balaban J connectivity index is 2.66. The Morgan fingerprint density at radius 1 is 1.47 bits per heavy atom. The van der Waals surface area contributed by atoms with Gasteiger partial charge in [-0.25, -0.2) is 8.42 Å². The molecule has 1 amide bonds. The summed E-state index contributed by atoms with van der Waals surface area (Å²) in [4.78, 5) is 11.4. The minimum absolute atomic E-state index is 0.397. The Kier molecular flexibility index (Phi) is 4.36. The third kappa shape index (κ3) is 5.06. The zero-order chi connectivity index (χ0) is 13.1. The number of hydrogen-bond acceptors (Lipinski definition) is 4. The molecule has 1 aromatic rings. The van der Waals surface area contributed by atoms with Crippen molar-refractivity contribution in [2.24, 2.45) is 0 Å². The van der Waals surface area contributed by atoms with E-state index in [2.05, 4.69) is 0 Å². The first-order valence-electron chi connectivity index (χ1n) is 4.72. The molecule has 0 bridgehead atoms. The summed E-state index contributed by atoms with van der Waals surface area (Å²) >= 11 is 5.74. The molecule has 0 aliphatic carbocycles. The Hall–Kier alpha value is -1.27. The fourth-order valence-electron chi connectivity index (χ4n) is 1.06. The van der Waals surface area contributed by atoms with Gasteiger partial charge in [0, 0.05) is 5.02 Å². The highest BCUT2D eigenvalue weighted by atomic mass is 35.5. The Bertz CT molecular complexity index is 515. The molecule has 0 aromatic heterocycles. The molecule has 0 saturated carbocycles. The van der Waals surface area contributed by atoms with Crippen molar-refractivity contribution in [3.8, 4) is 5.75 Å². The summed E-state index contributed by atoms with van der Waals surface area (Å²) in [5.41, 5.74) is 0. The lowest BCUT2D eigenvalue weighted by Crippen LogP contribution is -2.39. The van der Waals surface area contributed by atoms with E-state index in [1.807, 2.05) is 4.72 Å². The lowest BCUT2D eigenvalue weighted by Gasteiger charge is -2.13. The molecule has 0 radical (unpaired) electrons. The normalized spacial score (nSPS) is 12.9. The lowest BCUT2D eigenvalue weighted by atomic mass is 10.3. The van der Waals surface area contributed by atoms with Crippen molar-refractivity contribution in [1.29, 1.82) is 0 Å². The molecule has 1 atom stereocenters. The van der Waals surface area contributed by atoms with Crippen LogP contribution in [0, 0.1) is 0 Å². The molecule has 0 saturated heterocycles. The smallest absolute Gasteiger partial charge is 0.274 e. The average Bonchev–Trinajstić information content (AvgIpc) is 2.14. The average molecular weight is 278 g/mol. The molecule has 0 spiro atoms. The second kappa shape index (κ2) is 5.37. The SMILES string of the molecule is CC(Oc1cccc(Cl)c1)C(=O)NS(C)(=O)=O. The number of halogens is 1. The first kappa shape index (κ1) is 13.8. The van der Waals surface area contributed by atoms with E-state index in [0.29, 0.717) is 10.8 Å². The summed E-state index contributed by atoms with van der Waals surface area (Å²) in [6.07, 6.45) is -0.0278. The van der Waals surface area contributed by atoms with Gasteiger partial charge in [-0.05, 0) is 25.1 Å². The van der Waals surface area contributed by atoms with Gasteiger partial charge in [-0.2, -0.15) is 0 Å². The highest BCUT2D eigenvalue weighted by Crippen LogP contribution is 2.18. The van der Waals surface area contributed by atoms with Crippen LogP contribution in [0.3, 0.4) is 0 Å². The highest BCUT2D eigenvalue weighted by molar-refractivity contribution is 7.89. The predicted octanol–water partition coefficient (Wildman–Crippen LogP) is 1.18. The van der Waals surface area contributed by atoms with E-state index in [0.717, 1.165) is 6.26 Å². The number of ether oxygens (including phenoxy) is 1. The number of carbonyl (C=O) groups is 1. The second-order valence-corrected chi connectivity index (χ2v) is 5.64. The van der Waals surface area contributed by atoms with Crippen LogP contribution in [0.4, 0.5) is 0 Å². The number of rotatable bonds is 4. The molecule has 0 aliphatic heterocycles. The quantitative estimate of drug-likeness (QED) is 0.897. The van der Waals surface area contributed by atoms with Gasteiger partial charge in [0.15, 0.2) is 6.10 Å². The van der Waals surface area contributed by atoms with Crippen LogP contribution in [0.15, 0.2) is 24.3 Å². The molecule has 94 valence electrons. The maximum atomic E-state index is 11.4. The van der Waals surface area contributed by atoms with E-state index in [4.69, 9.17) is 16.3 Å². The van der Waals surface area contributed by atoms with Gasteiger partial charge in [0.2, 0.25) is 10.0 Å². The number of hydrogen-bond donors (Lipinski definition) is 1. The number of carbonyl (C=O) groups excluding carboxylic acids is 1. The van der Waals surface area contributed by atoms with Crippen LogP contribution in [0.25, 0.3) is 0 Å². The van der Waals surface area contributed by atoms with Gasteiger partial charge in [0.05, 0.1) is 6.26 Å². The summed E-state index contributed by atoms with van der Waals surface area (Å²) in [7, 11) is -3.57. The van der Waals surface area contributed by atoms with Crippen molar-refractivity contribution in [1.82, 2.24) is 4.72 Å². The minimum Gasteiger partial charge on any atom is -0.481 e. The molecule has 0 aliphatic rings. The number of nitrogens with one attached hydrogen (secondary N) is 1. The van der Waals surface area contributed by atoms with Gasteiger partial charge in [-0.3, -0.25) is 9.52 Å². The summed E-state index contributed by atoms with van der Waals surface area (Å²) in [5, 5.41) is 0.471. The third-order valence-corrected chi connectivity index (χ3v) is 2.57. The van der Waals surface area contributed by atoms with E-state index < -0.39 is 22.0 Å². The summed E-state index contributed by atoms with van der Waals surface area (Å²) in [5.74, 6) is -0.332. The fraction of sp³-hybridized carbons (Fsp3) is 0.300. The highest BCUT2D eigenvalue weighted by Gasteiger charge is 2.18. The third-order valence-electron chi connectivity index (χ3n) is 1.76. The first-order chi connectivity index (χ1) is 7.78. The van der Waals surface area contributed by atoms with Crippen LogP contribution >= 0.6 is 11.6 Å². The van der Waals surface area contributed by atoms with Crippen LogP contribution in [-0.4, -0.2) is 26.7 Å². The first-order valence-corrected chi connectivity index (χ1v) is 6.99. The molecule has 5 nitrogen and oxygen atoms in total. The van der Waals surface area contributed by atoms with E-state index in [1.165, 1.54) is 13.0 Å².